The lowest BCUT2D eigenvalue weighted by molar-refractivity contribution is 0.0695. The molecule has 0 unspecified atom stereocenters. The molecule has 6 nitrogen and oxygen atoms in total. The van der Waals surface area contributed by atoms with Crippen LogP contribution in [0.5, 0.6) is 5.75 Å². The van der Waals surface area contributed by atoms with Crippen molar-refractivity contribution in [3.05, 3.63) is 40.7 Å². The minimum atomic E-state index is -0.975. The number of aromatic carboxylic acids is 1. The van der Waals surface area contributed by atoms with Gasteiger partial charge in [-0.15, -0.1) is 0 Å². The summed E-state index contributed by atoms with van der Waals surface area (Å²) in [6.07, 6.45) is 0. The van der Waals surface area contributed by atoms with Gasteiger partial charge in [-0.25, -0.2) is 9.42 Å². The molecule has 2 aromatic rings. The Morgan fingerprint density at radius 2 is 2.17 bits per heavy atom. The SMILES string of the molecule is Cc1nonc1COc1cccc(C(=O)O)c1C. The maximum Gasteiger partial charge on any atom is 0.336 e. The summed E-state index contributed by atoms with van der Waals surface area (Å²) in [4.78, 5) is 11.0. The first-order valence-electron chi connectivity index (χ1n) is 5.33. The Morgan fingerprint density at radius 3 is 2.78 bits per heavy atom. The lowest BCUT2D eigenvalue weighted by Gasteiger charge is -2.09. The fourth-order valence-electron chi connectivity index (χ4n) is 1.53. The van der Waals surface area contributed by atoms with Crippen molar-refractivity contribution >= 4 is 5.97 Å². The number of benzene rings is 1. The van der Waals surface area contributed by atoms with Gasteiger partial charge in [-0.1, -0.05) is 16.4 Å². The summed E-state index contributed by atoms with van der Waals surface area (Å²) < 4.78 is 10.1. The van der Waals surface area contributed by atoms with E-state index in [-0.39, 0.29) is 12.2 Å². The first kappa shape index (κ1) is 12.1. The molecule has 0 saturated heterocycles. The fourth-order valence-corrected chi connectivity index (χ4v) is 1.53. The Balaban J connectivity index is 2.17. The first-order valence-corrected chi connectivity index (χ1v) is 5.33. The van der Waals surface area contributed by atoms with Gasteiger partial charge in [0.05, 0.1) is 5.56 Å². The van der Waals surface area contributed by atoms with Crippen LogP contribution < -0.4 is 4.74 Å². The second-order valence-electron chi connectivity index (χ2n) is 3.82. The van der Waals surface area contributed by atoms with Crippen LogP contribution in [0.2, 0.25) is 0 Å². The molecule has 0 spiro atoms. The summed E-state index contributed by atoms with van der Waals surface area (Å²) in [7, 11) is 0. The van der Waals surface area contributed by atoms with E-state index in [0.29, 0.717) is 22.7 Å². The van der Waals surface area contributed by atoms with Crippen molar-refractivity contribution in [2.75, 3.05) is 0 Å². The van der Waals surface area contributed by atoms with E-state index in [0.717, 1.165) is 0 Å². The van der Waals surface area contributed by atoms with E-state index in [1.807, 2.05) is 0 Å². The minimum Gasteiger partial charge on any atom is -0.487 e. The molecular formula is C12H12N2O4. The monoisotopic (exact) mass is 248 g/mol. The molecule has 1 heterocycles. The maximum atomic E-state index is 11.0. The number of aromatic nitrogens is 2. The van der Waals surface area contributed by atoms with E-state index in [1.54, 1.807) is 26.0 Å². The van der Waals surface area contributed by atoms with Crippen LogP contribution in [0.1, 0.15) is 27.3 Å². The molecule has 1 aromatic heterocycles. The van der Waals surface area contributed by atoms with Crippen molar-refractivity contribution in [2.24, 2.45) is 0 Å². The third-order valence-corrected chi connectivity index (χ3v) is 2.63. The van der Waals surface area contributed by atoms with Crippen LogP contribution in [0.25, 0.3) is 0 Å². The smallest absolute Gasteiger partial charge is 0.336 e. The molecule has 0 radical (unpaired) electrons. The van der Waals surface area contributed by atoms with Crippen molar-refractivity contribution in [1.29, 1.82) is 0 Å². The Labute approximate surface area is 103 Å². The topological polar surface area (TPSA) is 85.5 Å². The highest BCUT2D eigenvalue weighted by atomic mass is 16.6. The Morgan fingerprint density at radius 1 is 1.39 bits per heavy atom. The molecule has 0 aliphatic rings. The normalized spacial score (nSPS) is 10.3. The van der Waals surface area contributed by atoms with Gasteiger partial charge in [-0.05, 0) is 26.0 Å². The van der Waals surface area contributed by atoms with Crippen LogP contribution in [0, 0.1) is 13.8 Å². The van der Waals surface area contributed by atoms with Gasteiger partial charge in [0, 0.05) is 5.56 Å². The number of aryl methyl sites for hydroxylation is 1. The molecular weight excluding hydrogens is 236 g/mol. The number of rotatable bonds is 4. The molecule has 1 N–H and O–H groups in total. The van der Waals surface area contributed by atoms with Gasteiger partial charge in [-0.3, -0.25) is 0 Å². The van der Waals surface area contributed by atoms with Crippen molar-refractivity contribution in [1.82, 2.24) is 10.3 Å². The van der Waals surface area contributed by atoms with E-state index < -0.39 is 5.97 Å². The highest BCUT2D eigenvalue weighted by Crippen LogP contribution is 2.22. The molecule has 0 atom stereocenters. The summed E-state index contributed by atoms with van der Waals surface area (Å²) in [6, 6.07) is 4.89. The third kappa shape index (κ3) is 2.32. The van der Waals surface area contributed by atoms with Crippen molar-refractivity contribution in [2.45, 2.75) is 20.5 Å². The number of carboxylic acids is 1. The number of carbonyl (C=O) groups is 1. The highest BCUT2D eigenvalue weighted by Gasteiger charge is 2.12. The molecule has 0 aliphatic carbocycles. The average molecular weight is 248 g/mol. The fraction of sp³-hybridized carbons (Fsp3) is 0.250. The highest BCUT2D eigenvalue weighted by molar-refractivity contribution is 5.90. The Hall–Kier alpha value is -2.37. The Bertz CT molecular complexity index is 577. The maximum absolute atomic E-state index is 11.0. The number of nitrogens with zero attached hydrogens (tertiary/aromatic N) is 2. The van der Waals surface area contributed by atoms with E-state index >= 15 is 0 Å². The number of ether oxygens (including phenoxy) is 1. The van der Waals surface area contributed by atoms with Crippen LogP contribution in [0.4, 0.5) is 0 Å². The summed E-state index contributed by atoms with van der Waals surface area (Å²) in [5.74, 6) is -0.463. The lowest BCUT2D eigenvalue weighted by Crippen LogP contribution is -2.04. The summed E-state index contributed by atoms with van der Waals surface area (Å²) in [6.45, 7) is 3.65. The van der Waals surface area contributed by atoms with Gasteiger partial charge in [0.15, 0.2) is 0 Å². The second kappa shape index (κ2) is 4.87. The molecule has 0 bridgehead atoms. The second-order valence-corrected chi connectivity index (χ2v) is 3.82. The number of hydrogen-bond acceptors (Lipinski definition) is 5. The van der Waals surface area contributed by atoms with Crippen molar-refractivity contribution in [3.8, 4) is 5.75 Å². The minimum absolute atomic E-state index is 0.194. The van der Waals surface area contributed by atoms with Crippen LogP contribution >= 0.6 is 0 Å². The predicted octanol–water partition coefficient (Wildman–Crippen LogP) is 1.96. The zero-order valence-corrected chi connectivity index (χ0v) is 10.0. The third-order valence-electron chi connectivity index (χ3n) is 2.63. The standard InChI is InChI=1S/C12H12N2O4/c1-7-9(12(15)16)4-3-5-11(7)17-6-10-8(2)13-18-14-10/h3-5H,6H2,1-2H3,(H,15,16). The summed E-state index contributed by atoms with van der Waals surface area (Å²) >= 11 is 0. The molecule has 0 aliphatic heterocycles. The molecule has 1 aromatic carbocycles. The van der Waals surface area contributed by atoms with Crippen LogP contribution in [-0.2, 0) is 6.61 Å². The van der Waals surface area contributed by atoms with E-state index in [4.69, 9.17) is 9.84 Å². The average Bonchev–Trinajstić information content (AvgIpc) is 2.73. The van der Waals surface area contributed by atoms with Gasteiger partial charge >= 0.3 is 5.97 Å². The van der Waals surface area contributed by atoms with Crippen LogP contribution in [-0.4, -0.2) is 21.4 Å². The molecule has 0 saturated carbocycles. The number of carboxylic acid groups (broad SMARTS) is 1. The molecule has 94 valence electrons. The van der Waals surface area contributed by atoms with Crippen LogP contribution in [0.15, 0.2) is 22.8 Å². The van der Waals surface area contributed by atoms with Gasteiger partial charge in [-0.2, -0.15) is 0 Å². The molecule has 6 heteroatoms. The largest absolute Gasteiger partial charge is 0.487 e. The zero-order valence-electron chi connectivity index (χ0n) is 10.0. The van der Waals surface area contributed by atoms with Gasteiger partial charge < -0.3 is 9.84 Å². The molecule has 2 rings (SSSR count). The Kier molecular flexibility index (Phi) is 3.27. The summed E-state index contributed by atoms with van der Waals surface area (Å²) in [5.41, 5.74) is 2.05. The van der Waals surface area contributed by atoms with Gasteiger partial charge in [0.1, 0.15) is 23.7 Å². The van der Waals surface area contributed by atoms with Crippen molar-refractivity contribution < 1.29 is 19.3 Å². The number of hydrogen-bond donors (Lipinski definition) is 1. The predicted molar refractivity (Wildman–Crippen MR) is 61.5 cm³/mol. The molecule has 0 fully saturated rings. The lowest BCUT2D eigenvalue weighted by atomic mass is 10.1. The molecule has 0 amide bonds. The van der Waals surface area contributed by atoms with Crippen molar-refractivity contribution in [3.63, 3.8) is 0 Å². The van der Waals surface area contributed by atoms with E-state index in [9.17, 15) is 4.79 Å². The van der Waals surface area contributed by atoms with Gasteiger partial charge in [0.25, 0.3) is 0 Å². The zero-order chi connectivity index (χ0) is 13.1. The first-order chi connectivity index (χ1) is 8.59. The molecule has 18 heavy (non-hydrogen) atoms. The van der Waals surface area contributed by atoms with E-state index in [1.165, 1.54) is 6.07 Å². The summed E-state index contributed by atoms with van der Waals surface area (Å²) in [5, 5.41) is 16.3. The van der Waals surface area contributed by atoms with Crippen LogP contribution in [0.3, 0.4) is 0 Å². The quantitative estimate of drug-likeness (QED) is 0.890. The van der Waals surface area contributed by atoms with Gasteiger partial charge in [0.2, 0.25) is 0 Å². The van der Waals surface area contributed by atoms with E-state index in [2.05, 4.69) is 14.9 Å².